The molecule has 6 unspecified atom stereocenters. The molecule has 4 aliphatic rings. The highest BCUT2D eigenvalue weighted by molar-refractivity contribution is 14.1. The molecular weight excluding hydrogens is 761 g/mol. The molecule has 47 heavy (non-hydrogen) atoms. The predicted molar refractivity (Wildman–Crippen MR) is 183 cm³/mol. The zero-order valence-electron chi connectivity index (χ0n) is 24.7. The topological polar surface area (TPSA) is 104 Å². The largest absolute Gasteiger partial charge is 0.504 e. The molecule has 7 rings (SSSR count). The Labute approximate surface area is 292 Å². The molecule has 0 radical (unpaired) electrons. The Hall–Kier alpha value is -3.74. The summed E-state index contributed by atoms with van der Waals surface area (Å²) < 4.78 is 20.0. The smallest absolute Gasteiger partial charge is 0.258 e. The molecule has 1 N–H and O–H groups in total. The van der Waals surface area contributed by atoms with Crippen LogP contribution in [-0.4, -0.2) is 45.6 Å². The number of carbonyl (C=O) groups is 4. The first kappa shape index (κ1) is 31.8. The molecule has 0 spiro atoms. The molecule has 2 saturated heterocycles. The summed E-state index contributed by atoms with van der Waals surface area (Å²) in [5, 5.41) is 10.1. The number of amides is 4. The van der Waals surface area contributed by atoms with Crippen molar-refractivity contribution >= 4 is 86.9 Å². The molecule has 6 atom stereocenters. The molecule has 240 valence electrons. The molecule has 4 amide bonds. The number of ether oxygens (including phenoxy) is 1. The number of methoxy groups -OCH3 is 1. The van der Waals surface area contributed by atoms with Crippen molar-refractivity contribution in [3.05, 3.63) is 99.4 Å². The number of halogens is 4. The lowest BCUT2D eigenvalue weighted by molar-refractivity contribution is -0.125. The molecule has 3 aromatic rings. The van der Waals surface area contributed by atoms with E-state index in [4.69, 9.17) is 27.9 Å². The molecule has 3 fully saturated rings. The van der Waals surface area contributed by atoms with E-state index in [0.717, 1.165) is 20.6 Å². The van der Waals surface area contributed by atoms with Crippen molar-refractivity contribution in [2.75, 3.05) is 16.9 Å². The van der Waals surface area contributed by atoms with E-state index in [2.05, 4.69) is 22.6 Å². The van der Waals surface area contributed by atoms with Gasteiger partial charge < -0.3 is 9.84 Å². The maximum atomic E-state index is 14.4. The van der Waals surface area contributed by atoms with Crippen LogP contribution < -0.4 is 14.5 Å². The minimum absolute atomic E-state index is 0.0643. The van der Waals surface area contributed by atoms with Crippen molar-refractivity contribution in [3.8, 4) is 11.5 Å². The number of alkyl halides is 2. The highest BCUT2D eigenvalue weighted by atomic mass is 127. The van der Waals surface area contributed by atoms with Crippen LogP contribution in [0.25, 0.3) is 6.08 Å². The van der Waals surface area contributed by atoms with Crippen LogP contribution in [0.2, 0.25) is 0 Å². The fourth-order valence-electron chi connectivity index (χ4n) is 7.50. The number of phenols is 1. The van der Waals surface area contributed by atoms with E-state index in [9.17, 15) is 28.7 Å². The Kier molecular flexibility index (Phi) is 7.76. The average Bonchev–Trinajstić information content (AvgIpc) is 3.40. The maximum absolute atomic E-state index is 14.4. The van der Waals surface area contributed by atoms with Crippen molar-refractivity contribution in [1.29, 1.82) is 0 Å². The first-order valence-electron chi connectivity index (χ1n) is 14.8. The van der Waals surface area contributed by atoms with Gasteiger partial charge in [0.15, 0.2) is 21.2 Å². The number of carbonyl (C=O) groups excluding carboxylic acids is 4. The van der Waals surface area contributed by atoms with Gasteiger partial charge in [0.2, 0.25) is 11.8 Å². The number of anilines is 2. The Morgan fingerprint density at radius 2 is 1.57 bits per heavy atom. The summed E-state index contributed by atoms with van der Waals surface area (Å²) in [6, 6.07) is 16.6. The third-order valence-electron chi connectivity index (χ3n) is 9.72. The number of hydrogen-bond donors (Lipinski definition) is 1. The van der Waals surface area contributed by atoms with Crippen LogP contribution in [0.5, 0.6) is 11.5 Å². The molecule has 3 aromatic carbocycles. The van der Waals surface area contributed by atoms with Crippen molar-refractivity contribution in [1.82, 2.24) is 0 Å². The van der Waals surface area contributed by atoms with Gasteiger partial charge in [-0.3, -0.25) is 24.1 Å². The molecule has 0 aromatic heterocycles. The van der Waals surface area contributed by atoms with Gasteiger partial charge in [-0.25, -0.2) is 9.29 Å². The highest BCUT2D eigenvalue weighted by Gasteiger charge is 2.76. The van der Waals surface area contributed by atoms with Crippen LogP contribution in [-0.2, 0) is 19.2 Å². The van der Waals surface area contributed by atoms with Gasteiger partial charge in [0.05, 0.1) is 30.3 Å². The second-order valence-corrected chi connectivity index (χ2v) is 14.6. The highest BCUT2D eigenvalue weighted by Crippen LogP contribution is 2.63. The molecule has 2 aliphatic carbocycles. The molecule has 0 bridgehead atoms. The van der Waals surface area contributed by atoms with Gasteiger partial charge in [-0.2, -0.15) is 0 Å². The Morgan fingerprint density at radius 3 is 2.26 bits per heavy atom. The second kappa shape index (κ2) is 11.5. The van der Waals surface area contributed by atoms with Gasteiger partial charge >= 0.3 is 0 Å². The summed E-state index contributed by atoms with van der Waals surface area (Å²) in [5.41, 5.74) is 1.79. The summed E-state index contributed by atoms with van der Waals surface area (Å²) in [7, 11) is 1.42. The minimum Gasteiger partial charge on any atom is -0.504 e. The van der Waals surface area contributed by atoms with E-state index in [1.807, 2.05) is 18.2 Å². The van der Waals surface area contributed by atoms with Crippen LogP contribution in [0.4, 0.5) is 15.8 Å². The zero-order chi connectivity index (χ0) is 33.4. The SMILES string of the molecule is COc1cc(C=CC2C3=CCC4C(=O)N(c5ccc(I)cc5)C(=O)C4C3CC3(Cl)C(=O)N(c4ccc(F)cc4)C(=O)C23Cl)ccc1O. The Morgan fingerprint density at radius 1 is 0.915 bits per heavy atom. The number of imide groups is 2. The van der Waals surface area contributed by atoms with E-state index >= 15 is 0 Å². The number of benzene rings is 3. The molecule has 8 nitrogen and oxygen atoms in total. The van der Waals surface area contributed by atoms with Crippen molar-refractivity contribution in [3.63, 3.8) is 0 Å². The minimum atomic E-state index is -2.03. The number of phenolic OH excluding ortho intramolecular Hbond substituents is 1. The molecule has 12 heteroatoms. The average molecular weight is 787 g/mol. The number of hydrogen-bond acceptors (Lipinski definition) is 6. The molecule has 2 aliphatic heterocycles. The van der Waals surface area contributed by atoms with Crippen LogP contribution in [0.1, 0.15) is 18.4 Å². The van der Waals surface area contributed by atoms with Crippen molar-refractivity contribution in [2.24, 2.45) is 23.7 Å². The van der Waals surface area contributed by atoms with Gasteiger partial charge in [0, 0.05) is 9.49 Å². The number of nitrogens with zero attached hydrogens (tertiary/aromatic N) is 2. The summed E-state index contributed by atoms with van der Waals surface area (Å²) in [6.07, 6.45) is 5.25. The predicted octanol–water partition coefficient (Wildman–Crippen LogP) is 6.46. The maximum Gasteiger partial charge on any atom is 0.258 e. The van der Waals surface area contributed by atoms with Crippen LogP contribution in [0.15, 0.2) is 84.5 Å². The van der Waals surface area contributed by atoms with Crippen LogP contribution in [0, 0.1) is 33.1 Å². The summed E-state index contributed by atoms with van der Waals surface area (Å²) in [6.45, 7) is 0. The Bertz CT molecular complexity index is 1920. The third-order valence-corrected chi connectivity index (χ3v) is 11.9. The van der Waals surface area contributed by atoms with Gasteiger partial charge in [-0.1, -0.05) is 29.9 Å². The quantitative estimate of drug-likeness (QED) is 0.138. The van der Waals surface area contributed by atoms with E-state index in [-0.39, 0.29) is 35.9 Å². The van der Waals surface area contributed by atoms with Crippen LogP contribution >= 0.6 is 45.8 Å². The first-order valence-corrected chi connectivity index (χ1v) is 16.6. The summed E-state index contributed by atoms with van der Waals surface area (Å²) in [5.74, 6) is -5.92. The lowest BCUT2D eigenvalue weighted by atomic mass is 9.57. The molecular formula is C35H26Cl2FIN2O6. The van der Waals surface area contributed by atoms with Gasteiger partial charge in [0.1, 0.15) is 5.82 Å². The third kappa shape index (κ3) is 4.66. The zero-order valence-corrected chi connectivity index (χ0v) is 28.4. The summed E-state index contributed by atoms with van der Waals surface area (Å²) in [4.78, 5) is 54.6. The number of allylic oxidation sites excluding steroid dienone is 3. The number of rotatable bonds is 5. The molecule has 2 heterocycles. The summed E-state index contributed by atoms with van der Waals surface area (Å²) >= 11 is 16.8. The van der Waals surface area contributed by atoms with E-state index in [0.29, 0.717) is 16.8 Å². The normalized spacial score (nSPS) is 30.0. The van der Waals surface area contributed by atoms with Crippen molar-refractivity contribution in [2.45, 2.75) is 22.6 Å². The fourth-order valence-corrected chi connectivity index (χ4v) is 8.75. The van der Waals surface area contributed by atoms with Gasteiger partial charge in [0.25, 0.3) is 11.8 Å². The number of fused-ring (bicyclic) bond motifs is 4. The van der Waals surface area contributed by atoms with E-state index < -0.39 is 57.0 Å². The molecule has 1 saturated carbocycles. The van der Waals surface area contributed by atoms with E-state index in [1.54, 1.807) is 36.4 Å². The van der Waals surface area contributed by atoms with Gasteiger partial charge in [-0.15, -0.1) is 23.2 Å². The first-order chi connectivity index (χ1) is 22.4. The lowest BCUT2D eigenvalue weighted by Gasteiger charge is -2.49. The van der Waals surface area contributed by atoms with E-state index in [1.165, 1.54) is 30.2 Å². The van der Waals surface area contributed by atoms with Gasteiger partial charge in [-0.05, 0) is 108 Å². The lowest BCUT2D eigenvalue weighted by Crippen LogP contribution is -2.60. The second-order valence-electron chi connectivity index (χ2n) is 12.1. The van der Waals surface area contributed by atoms with Crippen LogP contribution in [0.3, 0.4) is 0 Å². The Balaban J connectivity index is 1.36. The van der Waals surface area contributed by atoms with Crippen molar-refractivity contribution < 1.29 is 33.4 Å². The standard InChI is InChI=1S/C35H26Cl2FIN2O6/c1-47-28-16-18(3-15-27(28)42)2-14-26-23-12-13-24-29(31(44)40(30(24)43)21-10-6-20(39)7-11-21)25(23)17-34(36)32(45)41(33(46)35(26,34)37)22-8-4-19(38)5-9-22/h2-12,14-16,24-26,29,42H,13,17H2,1H3. The number of aromatic hydroxyl groups is 1. The monoisotopic (exact) mass is 786 g/mol. The fraction of sp³-hybridized carbons (Fsp3) is 0.257.